The topological polar surface area (TPSA) is 62.8 Å². The highest BCUT2D eigenvalue weighted by Crippen LogP contribution is 2.22. The monoisotopic (exact) mass is 246 g/mol. The fraction of sp³-hybridized carbons (Fsp3) is 0.222. The number of rotatable bonds is 1. The number of nitrogens with one attached hydrogen (secondary N) is 1. The Hall–Kier alpha value is -1.50. The number of halogens is 2. The van der Waals surface area contributed by atoms with Crippen LogP contribution in [-0.2, 0) is 9.84 Å². The Morgan fingerprint density at radius 1 is 1.38 bits per heavy atom. The van der Waals surface area contributed by atoms with Gasteiger partial charge in [0.05, 0.1) is 5.52 Å². The van der Waals surface area contributed by atoms with Crippen molar-refractivity contribution in [2.75, 3.05) is 6.26 Å². The fourth-order valence-electron chi connectivity index (χ4n) is 1.33. The minimum atomic E-state index is -3.56. The standard InChI is InChI=1S/C9H8F2N2O2S/c1-4-5(10)3-6-8(7(4)11)13-9(12-6)16(2,14)15/h3H,1-2H3,(H,12,13). The summed E-state index contributed by atoms with van der Waals surface area (Å²) >= 11 is 0. The number of imidazole rings is 1. The average Bonchev–Trinajstić information content (AvgIpc) is 2.57. The van der Waals surface area contributed by atoms with E-state index in [0.29, 0.717) is 0 Å². The molecule has 0 aliphatic carbocycles. The van der Waals surface area contributed by atoms with Crippen LogP contribution in [0.3, 0.4) is 0 Å². The van der Waals surface area contributed by atoms with Gasteiger partial charge in [0.15, 0.2) is 5.82 Å². The first-order valence-corrected chi connectivity index (χ1v) is 6.24. The van der Waals surface area contributed by atoms with Gasteiger partial charge in [0.2, 0.25) is 15.0 Å². The second kappa shape index (κ2) is 3.24. The normalized spacial score (nSPS) is 12.2. The van der Waals surface area contributed by atoms with Crippen LogP contribution in [0, 0.1) is 18.6 Å². The summed E-state index contributed by atoms with van der Waals surface area (Å²) < 4.78 is 49.1. The Morgan fingerprint density at radius 2 is 2.00 bits per heavy atom. The number of benzene rings is 1. The van der Waals surface area contributed by atoms with Crippen LogP contribution >= 0.6 is 0 Å². The van der Waals surface area contributed by atoms with Gasteiger partial charge in [-0.05, 0) is 6.92 Å². The van der Waals surface area contributed by atoms with E-state index < -0.39 is 21.5 Å². The van der Waals surface area contributed by atoms with Crippen LogP contribution in [0.25, 0.3) is 11.0 Å². The van der Waals surface area contributed by atoms with E-state index in [1.165, 1.54) is 6.92 Å². The Balaban J connectivity index is 2.87. The van der Waals surface area contributed by atoms with Crippen molar-refractivity contribution in [3.63, 3.8) is 0 Å². The van der Waals surface area contributed by atoms with Crippen LogP contribution in [0.15, 0.2) is 11.2 Å². The van der Waals surface area contributed by atoms with E-state index in [1.54, 1.807) is 0 Å². The maximum absolute atomic E-state index is 13.5. The second-order valence-corrected chi connectivity index (χ2v) is 5.44. The highest BCUT2D eigenvalue weighted by atomic mass is 32.2. The molecule has 0 bridgehead atoms. The maximum Gasteiger partial charge on any atom is 0.225 e. The van der Waals surface area contributed by atoms with Crippen LogP contribution in [-0.4, -0.2) is 24.6 Å². The molecular formula is C9H8F2N2O2S. The molecular weight excluding hydrogens is 238 g/mol. The van der Waals surface area contributed by atoms with Crippen molar-refractivity contribution >= 4 is 20.9 Å². The number of fused-ring (bicyclic) bond motifs is 1. The van der Waals surface area contributed by atoms with Crippen molar-refractivity contribution < 1.29 is 17.2 Å². The number of H-pyrrole nitrogens is 1. The zero-order valence-corrected chi connectivity index (χ0v) is 9.32. The van der Waals surface area contributed by atoms with E-state index >= 15 is 0 Å². The van der Waals surface area contributed by atoms with Crippen molar-refractivity contribution in [3.05, 3.63) is 23.3 Å². The average molecular weight is 246 g/mol. The summed E-state index contributed by atoms with van der Waals surface area (Å²) in [5.74, 6) is -1.59. The molecule has 7 heteroatoms. The van der Waals surface area contributed by atoms with Crippen molar-refractivity contribution in [1.29, 1.82) is 0 Å². The Kier molecular flexibility index (Phi) is 2.23. The molecule has 0 fully saturated rings. The van der Waals surface area contributed by atoms with Crippen LogP contribution in [0.2, 0.25) is 0 Å². The summed E-state index contributed by atoms with van der Waals surface area (Å²) in [6.07, 6.45) is 0.936. The zero-order valence-electron chi connectivity index (χ0n) is 8.51. The third kappa shape index (κ3) is 1.57. The molecule has 0 radical (unpaired) electrons. The van der Waals surface area contributed by atoms with Crippen LogP contribution in [0.1, 0.15) is 5.56 Å². The van der Waals surface area contributed by atoms with Gasteiger partial charge in [0, 0.05) is 17.9 Å². The Bertz CT molecular complexity index is 676. The zero-order chi connectivity index (χ0) is 12.1. The number of hydrogen-bond acceptors (Lipinski definition) is 3. The maximum atomic E-state index is 13.5. The van der Waals surface area contributed by atoms with Crippen molar-refractivity contribution in [3.8, 4) is 0 Å². The number of aromatic amines is 1. The van der Waals surface area contributed by atoms with Gasteiger partial charge in [-0.15, -0.1) is 0 Å². The number of aromatic nitrogens is 2. The Labute approximate surface area is 90.2 Å². The first-order valence-electron chi connectivity index (χ1n) is 4.35. The third-order valence-electron chi connectivity index (χ3n) is 2.23. The summed E-state index contributed by atoms with van der Waals surface area (Å²) in [7, 11) is -3.56. The molecule has 0 aliphatic heterocycles. The molecule has 1 aromatic carbocycles. The number of nitrogens with zero attached hydrogens (tertiary/aromatic N) is 1. The molecule has 16 heavy (non-hydrogen) atoms. The summed E-state index contributed by atoms with van der Waals surface area (Å²) in [6.45, 7) is 1.26. The highest BCUT2D eigenvalue weighted by molar-refractivity contribution is 7.90. The molecule has 0 amide bonds. The molecule has 0 spiro atoms. The van der Waals surface area contributed by atoms with Gasteiger partial charge in [0.1, 0.15) is 11.3 Å². The lowest BCUT2D eigenvalue weighted by molar-refractivity contribution is 0.575. The summed E-state index contributed by atoms with van der Waals surface area (Å²) in [4.78, 5) is 5.97. The smallest absolute Gasteiger partial charge is 0.225 e. The van der Waals surface area contributed by atoms with E-state index in [-0.39, 0.29) is 21.8 Å². The van der Waals surface area contributed by atoms with E-state index in [1.807, 2.05) is 0 Å². The van der Waals surface area contributed by atoms with Crippen molar-refractivity contribution in [1.82, 2.24) is 9.97 Å². The van der Waals surface area contributed by atoms with Gasteiger partial charge >= 0.3 is 0 Å². The molecule has 1 aromatic heterocycles. The predicted molar refractivity (Wildman–Crippen MR) is 53.9 cm³/mol. The van der Waals surface area contributed by atoms with Crippen molar-refractivity contribution in [2.24, 2.45) is 0 Å². The quantitative estimate of drug-likeness (QED) is 0.830. The Morgan fingerprint density at radius 3 is 2.56 bits per heavy atom. The lowest BCUT2D eigenvalue weighted by Gasteiger charge is -1.97. The van der Waals surface area contributed by atoms with Crippen molar-refractivity contribution in [2.45, 2.75) is 12.1 Å². The molecule has 1 N–H and O–H groups in total. The van der Waals surface area contributed by atoms with Gasteiger partial charge in [-0.3, -0.25) is 0 Å². The van der Waals surface area contributed by atoms with Gasteiger partial charge in [-0.1, -0.05) is 0 Å². The summed E-state index contributed by atoms with van der Waals surface area (Å²) in [5.41, 5.74) is -0.320. The molecule has 1 heterocycles. The van der Waals surface area contributed by atoms with Gasteiger partial charge in [-0.2, -0.15) is 0 Å². The largest absolute Gasteiger partial charge is 0.329 e. The third-order valence-corrected chi connectivity index (χ3v) is 3.12. The fourth-order valence-corrected chi connectivity index (χ4v) is 1.88. The predicted octanol–water partition coefficient (Wildman–Crippen LogP) is 1.55. The second-order valence-electron chi connectivity index (χ2n) is 3.51. The molecule has 86 valence electrons. The van der Waals surface area contributed by atoms with E-state index in [4.69, 9.17) is 0 Å². The molecule has 0 saturated heterocycles. The molecule has 0 atom stereocenters. The van der Waals surface area contributed by atoms with Gasteiger partial charge in [-0.25, -0.2) is 22.2 Å². The van der Waals surface area contributed by atoms with Crippen LogP contribution in [0.5, 0.6) is 0 Å². The minimum absolute atomic E-state index is 0.0287. The summed E-state index contributed by atoms with van der Waals surface area (Å²) in [5, 5.41) is -0.369. The minimum Gasteiger partial charge on any atom is -0.329 e. The van der Waals surface area contributed by atoms with E-state index in [9.17, 15) is 17.2 Å². The lowest BCUT2D eigenvalue weighted by atomic mass is 10.2. The SMILES string of the molecule is Cc1c(F)cc2[nH]c(S(C)(=O)=O)nc2c1F. The highest BCUT2D eigenvalue weighted by Gasteiger charge is 2.18. The van der Waals surface area contributed by atoms with E-state index in [0.717, 1.165) is 12.3 Å². The van der Waals surface area contributed by atoms with Gasteiger partial charge < -0.3 is 4.98 Å². The summed E-state index contributed by atoms with van der Waals surface area (Å²) in [6, 6.07) is 1.02. The first kappa shape index (κ1) is 11.0. The molecule has 0 aliphatic rings. The van der Waals surface area contributed by atoms with E-state index in [2.05, 4.69) is 9.97 Å². The first-order chi connectivity index (χ1) is 7.30. The van der Waals surface area contributed by atoms with Crippen LogP contribution < -0.4 is 0 Å². The molecule has 0 unspecified atom stereocenters. The van der Waals surface area contributed by atoms with Crippen LogP contribution in [0.4, 0.5) is 8.78 Å². The lowest BCUT2D eigenvalue weighted by Crippen LogP contribution is -1.98. The molecule has 2 rings (SSSR count). The number of hydrogen-bond donors (Lipinski definition) is 1. The van der Waals surface area contributed by atoms with Gasteiger partial charge in [0.25, 0.3) is 0 Å². The molecule has 0 saturated carbocycles. The molecule has 4 nitrogen and oxygen atoms in total. The molecule has 2 aromatic rings. The number of sulfone groups is 1.